The SMILES string of the molecule is CCC(NC1CCN(C2CC2)CC1)c1ccco1. The molecule has 1 unspecified atom stereocenters. The van der Waals surface area contributed by atoms with Crippen molar-refractivity contribution in [2.45, 2.75) is 57.2 Å². The van der Waals surface area contributed by atoms with E-state index in [-0.39, 0.29) is 0 Å². The van der Waals surface area contributed by atoms with Crippen LogP contribution in [0.4, 0.5) is 0 Å². The molecule has 3 nitrogen and oxygen atoms in total. The van der Waals surface area contributed by atoms with Gasteiger partial charge in [0, 0.05) is 12.1 Å². The van der Waals surface area contributed by atoms with Gasteiger partial charge in [0.25, 0.3) is 0 Å². The van der Waals surface area contributed by atoms with Crippen molar-refractivity contribution < 1.29 is 4.42 Å². The minimum absolute atomic E-state index is 0.387. The van der Waals surface area contributed by atoms with Crippen LogP contribution in [-0.2, 0) is 0 Å². The molecule has 100 valence electrons. The van der Waals surface area contributed by atoms with Crippen molar-refractivity contribution >= 4 is 0 Å². The highest BCUT2D eigenvalue weighted by molar-refractivity contribution is 5.04. The molecule has 0 radical (unpaired) electrons. The second-order valence-electron chi connectivity index (χ2n) is 5.68. The molecular weight excluding hydrogens is 224 g/mol. The van der Waals surface area contributed by atoms with E-state index in [1.807, 2.05) is 6.07 Å². The van der Waals surface area contributed by atoms with Crippen LogP contribution in [0.1, 0.15) is 50.8 Å². The molecule has 1 N–H and O–H groups in total. The summed E-state index contributed by atoms with van der Waals surface area (Å²) in [5, 5.41) is 3.77. The maximum absolute atomic E-state index is 5.52. The number of nitrogens with zero attached hydrogens (tertiary/aromatic N) is 1. The third-order valence-electron chi connectivity index (χ3n) is 4.32. The quantitative estimate of drug-likeness (QED) is 0.868. The van der Waals surface area contributed by atoms with Crippen molar-refractivity contribution in [3.63, 3.8) is 0 Å². The number of hydrogen-bond acceptors (Lipinski definition) is 3. The Balaban J connectivity index is 1.50. The first-order chi connectivity index (χ1) is 8.86. The topological polar surface area (TPSA) is 28.4 Å². The van der Waals surface area contributed by atoms with Gasteiger partial charge < -0.3 is 14.6 Å². The predicted molar refractivity (Wildman–Crippen MR) is 72.5 cm³/mol. The van der Waals surface area contributed by atoms with Gasteiger partial charge in [0.05, 0.1) is 12.3 Å². The lowest BCUT2D eigenvalue weighted by atomic mass is 10.0. The zero-order chi connectivity index (χ0) is 12.4. The van der Waals surface area contributed by atoms with E-state index in [0.717, 1.165) is 18.2 Å². The van der Waals surface area contributed by atoms with Crippen LogP contribution in [-0.4, -0.2) is 30.1 Å². The molecule has 2 aliphatic rings. The third kappa shape index (κ3) is 2.78. The van der Waals surface area contributed by atoms with Crippen molar-refractivity contribution in [1.82, 2.24) is 10.2 Å². The molecule has 1 aromatic rings. The van der Waals surface area contributed by atoms with E-state index >= 15 is 0 Å². The van der Waals surface area contributed by atoms with E-state index < -0.39 is 0 Å². The minimum atomic E-state index is 0.387. The molecule has 2 fully saturated rings. The molecule has 0 amide bonds. The first-order valence-corrected chi connectivity index (χ1v) is 7.40. The summed E-state index contributed by atoms with van der Waals surface area (Å²) in [6, 6.07) is 6.04. The summed E-state index contributed by atoms with van der Waals surface area (Å²) in [6.45, 7) is 4.77. The van der Waals surface area contributed by atoms with E-state index in [0.29, 0.717) is 12.1 Å². The number of hydrogen-bond donors (Lipinski definition) is 1. The predicted octanol–water partition coefficient (Wildman–Crippen LogP) is 2.95. The molecule has 1 saturated heterocycles. The van der Waals surface area contributed by atoms with Crippen molar-refractivity contribution in [2.24, 2.45) is 0 Å². The average molecular weight is 248 g/mol. The molecule has 0 spiro atoms. The number of nitrogens with one attached hydrogen (secondary N) is 1. The fourth-order valence-electron chi connectivity index (χ4n) is 3.05. The highest BCUT2D eigenvalue weighted by Gasteiger charge is 2.32. The number of piperidine rings is 1. The molecular formula is C15H24N2O. The second-order valence-corrected chi connectivity index (χ2v) is 5.68. The Labute approximate surface area is 110 Å². The normalized spacial score (nSPS) is 24.3. The number of rotatable bonds is 5. The maximum atomic E-state index is 5.52. The van der Waals surface area contributed by atoms with E-state index in [9.17, 15) is 0 Å². The fourth-order valence-corrected chi connectivity index (χ4v) is 3.05. The van der Waals surface area contributed by atoms with Crippen LogP contribution in [0.2, 0.25) is 0 Å². The summed E-state index contributed by atoms with van der Waals surface area (Å²) < 4.78 is 5.52. The summed E-state index contributed by atoms with van der Waals surface area (Å²) >= 11 is 0. The summed E-state index contributed by atoms with van der Waals surface area (Å²) in [5.74, 6) is 1.09. The van der Waals surface area contributed by atoms with E-state index in [1.54, 1.807) is 6.26 Å². The lowest BCUT2D eigenvalue weighted by molar-refractivity contribution is 0.179. The standard InChI is InChI=1S/C15H24N2O/c1-2-14(15-4-3-11-18-15)16-12-7-9-17(10-8-12)13-5-6-13/h3-4,11-14,16H,2,5-10H2,1H3. The Morgan fingerprint density at radius 1 is 1.33 bits per heavy atom. The number of likely N-dealkylation sites (tertiary alicyclic amines) is 1. The van der Waals surface area contributed by atoms with Gasteiger partial charge in [-0.1, -0.05) is 6.92 Å². The number of furan rings is 1. The van der Waals surface area contributed by atoms with Crippen molar-refractivity contribution in [3.8, 4) is 0 Å². The highest BCUT2D eigenvalue weighted by atomic mass is 16.3. The molecule has 2 heterocycles. The Morgan fingerprint density at radius 3 is 2.67 bits per heavy atom. The Kier molecular flexibility index (Phi) is 3.71. The molecule has 1 aromatic heterocycles. The zero-order valence-electron chi connectivity index (χ0n) is 11.3. The van der Waals surface area contributed by atoms with E-state index in [4.69, 9.17) is 4.42 Å². The van der Waals surface area contributed by atoms with Gasteiger partial charge in [0.2, 0.25) is 0 Å². The monoisotopic (exact) mass is 248 g/mol. The van der Waals surface area contributed by atoms with Gasteiger partial charge in [-0.2, -0.15) is 0 Å². The molecule has 1 atom stereocenters. The minimum Gasteiger partial charge on any atom is -0.468 e. The van der Waals surface area contributed by atoms with Crippen molar-refractivity contribution in [2.75, 3.05) is 13.1 Å². The van der Waals surface area contributed by atoms with Crippen LogP contribution >= 0.6 is 0 Å². The molecule has 3 rings (SSSR count). The largest absolute Gasteiger partial charge is 0.468 e. The molecule has 1 saturated carbocycles. The second kappa shape index (κ2) is 5.45. The Morgan fingerprint density at radius 2 is 2.11 bits per heavy atom. The molecule has 0 bridgehead atoms. The first-order valence-electron chi connectivity index (χ1n) is 7.40. The van der Waals surface area contributed by atoms with Crippen LogP contribution < -0.4 is 5.32 Å². The summed E-state index contributed by atoms with van der Waals surface area (Å²) in [4.78, 5) is 2.67. The van der Waals surface area contributed by atoms with Crippen molar-refractivity contribution in [3.05, 3.63) is 24.2 Å². The molecule has 3 heteroatoms. The van der Waals surface area contributed by atoms with Crippen LogP contribution in [0.5, 0.6) is 0 Å². The Bertz CT molecular complexity index is 351. The van der Waals surface area contributed by atoms with Crippen LogP contribution in [0, 0.1) is 0 Å². The van der Waals surface area contributed by atoms with Gasteiger partial charge in [-0.25, -0.2) is 0 Å². The highest BCUT2D eigenvalue weighted by Crippen LogP contribution is 2.30. The van der Waals surface area contributed by atoms with Gasteiger partial charge in [-0.05, 0) is 57.3 Å². The average Bonchev–Trinajstić information content (AvgIpc) is 3.12. The van der Waals surface area contributed by atoms with E-state index in [1.165, 1.54) is 38.8 Å². The third-order valence-corrected chi connectivity index (χ3v) is 4.32. The summed E-state index contributed by atoms with van der Waals surface area (Å²) in [5.41, 5.74) is 0. The zero-order valence-corrected chi connectivity index (χ0v) is 11.3. The fraction of sp³-hybridized carbons (Fsp3) is 0.733. The molecule has 1 aliphatic heterocycles. The summed E-state index contributed by atoms with van der Waals surface area (Å²) in [6.07, 6.45) is 8.30. The van der Waals surface area contributed by atoms with Gasteiger partial charge in [-0.15, -0.1) is 0 Å². The van der Waals surface area contributed by atoms with E-state index in [2.05, 4.69) is 23.2 Å². The van der Waals surface area contributed by atoms with Gasteiger partial charge in [-0.3, -0.25) is 0 Å². The lowest BCUT2D eigenvalue weighted by Gasteiger charge is -2.34. The van der Waals surface area contributed by atoms with Crippen LogP contribution in [0.25, 0.3) is 0 Å². The first kappa shape index (κ1) is 12.2. The van der Waals surface area contributed by atoms with Gasteiger partial charge in [0.1, 0.15) is 5.76 Å². The van der Waals surface area contributed by atoms with Crippen LogP contribution in [0.15, 0.2) is 22.8 Å². The molecule has 0 aromatic carbocycles. The molecule has 1 aliphatic carbocycles. The summed E-state index contributed by atoms with van der Waals surface area (Å²) in [7, 11) is 0. The maximum Gasteiger partial charge on any atom is 0.120 e. The molecule has 18 heavy (non-hydrogen) atoms. The van der Waals surface area contributed by atoms with Gasteiger partial charge in [0.15, 0.2) is 0 Å². The van der Waals surface area contributed by atoms with Gasteiger partial charge >= 0.3 is 0 Å². The Hall–Kier alpha value is -0.800. The van der Waals surface area contributed by atoms with Crippen LogP contribution in [0.3, 0.4) is 0 Å². The smallest absolute Gasteiger partial charge is 0.120 e. The van der Waals surface area contributed by atoms with Crippen molar-refractivity contribution in [1.29, 1.82) is 0 Å². The lowest BCUT2D eigenvalue weighted by Crippen LogP contribution is -2.44.